The van der Waals surface area contributed by atoms with Gasteiger partial charge in [0.2, 0.25) is 11.8 Å². The molecule has 4 aliphatic heterocycles. The summed E-state index contributed by atoms with van der Waals surface area (Å²) < 4.78 is 6.63. The largest absolute Gasteiger partial charge is 0.507 e. The van der Waals surface area contributed by atoms with Gasteiger partial charge in [-0.2, -0.15) is 5.26 Å². The van der Waals surface area contributed by atoms with Gasteiger partial charge < -0.3 is 20.5 Å². The minimum absolute atomic E-state index is 0.0832. The Morgan fingerprint density at radius 3 is 2.53 bits per heavy atom. The summed E-state index contributed by atoms with van der Waals surface area (Å²) in [7, 11) is 0. The fraction of sp³-hybridized carbons (Fsp3) is 0.405. The molecule has 1 aromatic heterocycles. The van der Waals surface area contributed by atoms with E-state index in [1.165, 1.54) is 0 Å². The molecule has 0 bridgehead atoms. The topological polar surface area (TPSA) is 175 Å². The molecule has 248 valence electrons. The van der Waals surface area contributed by atoms with Crippen LogP contribution in [0.5, 0.6) is 11.5 Å². The molecule has 1 saturated carbocycles. The van der Waals surface area contributed by atoms with Gasteiger partial charge in [-0.3, -0.25) is 24.6 Å². The van der Waals surface area contributed by atoms with Crippen LogP contribution < -0.4 is 15.8 Å². The zero-order chi connectivity index (χ0) is 33.9. The van der Waals surface area contributed by atoms with E-state index in [4.69, 9.17) is 10.5 Å². The molecule has 5 heterocycles. The molecule has 49 heavy (non-hydrogen) atoms. The number of hydrogen-bond donors (Lipinski definition) is 3. The van der Waals surface area contributed by atoms with Gasteiger partial charge in [0.25, 0.3) is 5.91 Å². The molecule has 2 saturated heterocycles. The number of benzene rings is 2. The van der Waals surface area contributed by atoms with Gasteiger partial charge in [0.1, 0.15) is 28.6 Å². The Kier molecular flexibility index (Phi) is 7.30. The third-order valence-corrected chi connectivity index (χ3v) is 10.8. The van der Waals surface area contributed by atoms with Crippen LogP contribution in [-0.4, -0.2) is 73.6 Å². The lowest BCUT2D eigenvalue weighted by Crippen LogP contribution is -2.68. The van der Waals surface area contributed by atoms with Gasteiger partial charge in [-0.15, -0.1) is 10.2 Å². The van der Waals surface area contributed by atoms with Crippen molar-refractivity contribution in [2.24, 2.45) is 5.41 Å². The number of ether oxygens (including phenoxy) is 1. The number of carbonyl (C=O) groups excluding carboxylic acids is 3. The minimum Gasteiger partial charge on any atom is -0.507 e. The molecule has 3 aromatic rings. The number of nitrogen functional groups attached to an aromatic ring is 1. The number of piperidine rings is 1. The molecule has 3 amide bonds. The number of rotatable bonds is 3. The molecular weight excluding hydrogens is 622 g/mol. The minimum atomic E-state index is -0.793. The Morgan fingerprint density at radius 2 is 1.78 bits per heavy atom. The number of phenolic OH excluding ortho intramolecular Hbond substituents is 1. The number of para-hydroxylation sites is 1. The van der Waals surface area contributed by atoms with Crippen LogP contribution in [0.25, 0.3) is 11.3 Å². The van der Waals surface area contributed by atoms with Crippen LogP contribution in [0.3, 0.4) is 0 Å². The Balaban J connectivity index is 0.902. The molecule has 12 heteroatoms. The molecule has 8 rings (SSSR count). The first-order valence-electron chi connectivity index (χ1n) is 16.7. The number of amides is 3. The Hall–Kier alpha value is -5.46. The first-order valence-corrected chi connectivity index (χ1v) is 16.7. The maximum Gasteiger partial charge on any atom is 0.255 e. The number of nitrogens with one attached hydrogen (secondary N) is 1. The fourth-order valence-electron chi connectivity index (χ4n) is 7.99. The van der Waals surface area contributed by atoms with Crippen molar-refractivity contribution in [3.63, 3.8) is 0 Å². The highest BCUT2D eigenvalue weighted by atomic mass is 16.5. The average molecular weight is 658 g/mol. The molecule has 1 aliphatic carbocycles. The molecule has 0 unspecified atom stereocenters. The molecule has 1 spiro atoms. The van der Waals surface area contributed by atoms with Crippen LogP contribution in [-0.2, 0) is 22.6 Å². The normalized spacial score (nSPS) is 25.6. The Morgan fingerprint density at radius 1 is 0.980 bits per heavy atom. The summed E-state index contributed by atoms with van der Waals surface area (Å²) in [5.41, 5.74) is 8.98. The summed E-state index contributed by atoms with van der Waals surface area (Å²) >= 11 is 0. The first kappa shape index (κ1) is 30.8. The highest BCUT2D eigenvalue weighted by molar-refractivity contribution is 6.05. The molecule has 1 atom stereocenters. The monoisotopic (exact) mass is 657 g/mol. The lowest BCUT2D eigenvalue weighted by atomic mass is 9.72. The van der Waals surface area contributed by atoms with Crippen molar-refractivity contribution in [1.29, 1.82) is 5.26 Å². The van der Waals surface area contributed by atoms with Crippen molar-refractivity contribution in [3.05, 3.63) is 64.7 Å². The second-order valence-electron chi connectivity index (χ2n) is 13.9. The van der Waals surface area contributed by atoms with Crippen molar-refractivity contribution >= 4 is 23.5 Å². The summed E-state index contributed by atoms with van der Waals surface area (Å²) in [6.45, 7) is 1.92. The number of aromatic hydroxyl groups is 1. The fourth-order valence-corrected chi connectivity index (χ4v) is 7.99. The molecule has 2 aromatic carbocycles. The van der Waals surface area contributed by atoms with Crippen molar-refractivity contribution < 1.29 is 24.2 Å². The molecule has 0 radical (unpaired) electrons. The zero-order valence-corrected chi connectivity index (χ0v) is 26.9. The number of nitrogens with zero attached hydrogens (tertiary/aromatic N) is 5. The van der Waals surface area contributed by atoms with E-state index in [0.717, 1.165) is 55.6 Å². The van der Waals surface area contributed by atoms with Crippen LogP contribution in [0.15, 0.2) is 42.5 Å². The summed E-state index contributed by atoms with van der Waals surface area (Å²) in [6.07, 6.45) is 5.22. The number of aryl methyl sites for hydroxylation is 1. The van der Waals surface area contributed by atoms with Crippen LogP contribution in [0.2, 0.25) is 0 Å². The lowest BCUT2D eigenvalue weighted by Gasteiger charge is -2.55. The number of nitrogens with two attached hydrogens (primary N) is 1. The quantitative estimate of drug-likeness (QED) is 0.281. The predicted octanol–water partition coefficient (Wildman–Crippen LogP) is 3.08. The summed E-state index contributed by atoms with van der Waals surface area (Å²) in [5.74, 6) is 6.40. The third-order valence-electron chi connectivity index (χ3n) is 10.8. The number of imide groups is 1. The second kappa shape index (κ2) is 11.6. The van der Waals surface area contributed by atoms with Gasteiger partial charge in [0.05, 0.1) is 17.3 Å². The first-order chi connectivity index (χ1) is 23.6. The van der Waals surface area contributed by atoms with Gasteiger partial charge in [-0.25, -0.2) is 0 Å². The van der Waals surface area contributed by atoms with Crippen molar-refractivity contribution in [3.8, 4) is 40.7 Å². The number of phenols is 1. The highest BCUT2D eigenvalue weighted by Crippen LogP contribution is 2.45. The zero-order valence-electron chi connectivity index (χ0n) is 26.9. The third kappa shape index (κ3) is 5.42. The van der Waals surface area contributed by atoms with Gasteiger partial charge in [0.15, 0.2) is 5.82 Å². The predicted molar refractivity (Wildman–Crippen MR) is 176 cm³/mol. The standard InChI is InChI=1S/C37H35N7O5/c38-19-36(11-7-23-16-28(41-42-33(23)39)26-3-1-2-4-30(26)45)12-9-25(10-13-36)43-20-37(21-43)14-8-22-15-24-18-44(29-5-6-32(46)40-34(29)47)35(48)27(24)17-31(22)49-37/h1-4,15-17,25,29,45H,5-6,8-10,12-14,18,20-21H2,(H2,39,42)(H,40,46,47)/t25?,29-,36?/m0/s1. The van der Waals surface area contributed by atoms with Crippen molar-refractivity contribution in [2.45, 2.75) is 75.6 Å². The van der Waals surface area contributed by atoms with Gasteiger partial charge >= 0.3 is 0 Å². The van der Waals surface area contributed by atoms with Gasteiger partial charge in [-0.1, -0.05) is 24.0 Å². The Labute approximate surface area is 283 Å². The number of likely N-dealkylation sites (tertiary alicyclic amines) is 1. The smallest absolute Gasteiger partial charge is 0.255 e. The van der Waals surface area contributed by atoms with Crippen LogP contribution in [0, 0.1) is 28.6 Å². The van der Waals surface area contributed by atoms with E-state index in [1.807, 2.05) is 12.1 Å². The van der Waals surface area contributed by atoms with E-state index in [2.05, 4.69) is 38.3 Å². The molecule has 5 aliphatic rings. The summed E-state index contributed by atoms with van der Waals surface area (Å²) in [5, 5.41) is 31.0. The van der Waals surface area contributed by atoms with E-state index < -0.39 is 17.4 Å². The summed E-state index contributed by atoms with van der Waals surface area (Å²) in [4.78, 5) is 41.5. The maximum atomic E-state index is 13.4. The number of anilines is 1. The van der Waals surface area contributed by atoms with Crippen LogP contribution in [0.1, 0.15) is 72.0 Å². The van der Waals surface area contributed by atoms with Crippen LogP contribution in [0.4, 0.5) is 5.82 Å². The van der Waals surface area contributed by atoms with E-state index in [-0.39, 0.29) is 35.4 Å². The van der Waals surface area contributed by atoms with Crippen molar-refractivity contribution in [2.75, 3.05) is 18.8 Å². The highest BCUT2D eigenvalue weighted by Gasteiger charge is 2.51. The van der Waals surface area contributed by atoms with Gasteiger partial charge in [0, 0.05) is 43.2 Å². The molecular formula is C37H35N7O5. The molecule has 3 fully saturated rings. The SMILES string of the molecule is N#CC1(C#Cc2cc(-c3ccccc3O)nnc2N)CCC(N2CC3(CCc4cc5c(cc4O3)C(=O)N([C@H]3CCC(=O)NC3=O)C5)C2)CC1. The van der Waals surface area contributed by atoms with Crippen molar-refractivity contribution in [1.82, 2.24) is 25.3 Å². The van der Waals surface area contributed by atoms with E-state index >= 15 is 0 Å². The number of aromatic nitrogens is 2. The van der Waals surface area contributed by atoms with E-state index in [1.54, 1.807) is 35.2 Å². The van der Waals surface area contributed by atoms with E-state index in [0.29, 0.717) is 54.2 Å². The van der Waals surface area contributed by atoms with E-state index in [9.17, 15) is 24.8 Å². The number of hydrogen-bond acceptors (Lipinski definition) is 10. The van der Waals surface area contributed by atoms with Gasteiger partial charge in [-0.05, 0) is 86.4 Å². The average Bonchev–Trinajstić information content (AvgIpc) is 3.40. The number of carbonyl (C=O) groups is 3. The Bertz CT molecular complexity index is 2010. The maximum absolute atomic E-state index is 13.4. The molecule has 12 nitrogen and oxygen atoms in total. The summed E-state index contributed by atoms with van der Waals surface area (Å²) in [6, 6.07) is 14.6. The number of nitriles is 1. The number of fused-ring (bicyclic) bond motifs is 2. The van der Waals surface area contributed by atoms with Crippen LogP contribution >= 0.6 is 0 Å². The second-order valence-corrected chi connectivity index (χ2v) is 13.9. The lowest BCUT2D eigenvalue weighted by molar-refractivity contribution is -0.136. The molecule has 4 N–H and O–H groups in total.